The molecule has 158 valence electrons. The number of carbonyl (C=O) groups is 1. The van der Waals surface area contributed by atoms with Crippen LogP contribution in [0.2, 0.25) is 5.02 Å². The first-order chi connectivity index (χ1) is 14.7. The summed E-state index contributed by atoms with van der Waals surface area (Å²) in [5, 5.41) is 3.60. The van der Waals surface area contributed by atoms with E-state index >= 15 is 0 Å². The van der Waals surface area contributed by atoms with Crippen LogP contribution in [0.4, 0.5) is 0 Å². The molecule has 1 N–H and O–H groups in total. The van der Waals surface area contributed by atoms with Crippen molar-refractivity contribution in [1.82, 2.24) is 10.2 Å². The summed E-state index contributed by atoms with van der Waals surface area (Å²) >= 11 is 6.28. The predicted octanol–water partition coefficient (Wildman–Crippen LogP) is 3.31. The second-order valence-electron chi connectivity index (χ2n) is 7.25. The fourth-order valence-corrected chi connectivity index (χ4v) is 3.85. The summed E-state index contributed by atoms with van der Waals surface area (Å²) in [6.45, 7) is 4.88. The number of rotatable bonds is 6. The van der Waals surface area contributed by atoms with Crippen LogP contribution in [0.1, 0.15) is 17.2 Å². The van der Waals surface area contributed by atoms with Crippen molar-refractivity contribution in [1.29, 1.82) is 0 Å². The lowest BCUT2D eigenvalue weighted by molar-refractivity contribution is -0.117. The van der Waals surface area contributed by atoms with Gasteiger partial charge in [-0.05, 0) is 29.3 Å². The quantitative estimate of drug-likeness (QED) is 0.715. The van der Waals surface area contributed by atoms with Gasteiger partial charge in [0.15, 0.2) is 11.5 Å². The van der Waals surface area contributed by atoms with Gasteiger partial charge in [-0.3, -0.25) is 9.69 Å². The number of halogens is 1. The monoisotopic (exact) mass is 428 g/mol. The number of morpholine rings is 1. The maximum Gasteiger partial charge on any atom is 0.244 e. The van der Waals surface area contributed by atoms with Crippen LogP contribution in [-0.4, -0.2) is 56.9 Å². The summed E-state index contributed by atoms with van der Waals surface area (Å²) in [6.07, 6.45) is 3.26. The molecule has 0 unspecified atom stereocenters. The molecule has 2 aliphatic heterocycles. The second kappa shape index (κ2) is 9.98. The molecule has 1 atom stereocenters. The SMILES string of the molecule is O=C(/C=C/c1cc(Cl)c2c(c1)OCCO2)N[C@H](CN1CCOCC1)c1ccccc1. The number of carbonyl (C=O) groups excluding carboxylic acids is 1. The van der Waals surface area contributed by atoms with Gasteiger partial charge in [0.2, 0.25) is 5.91 Å². The Bertz CT molecular complexity index is 898. The van der Waals surface area contributed by atoms with Crippen LogP contribution in [0.5, 0.6) is 11.5 Å². The van der Waals surface area contributed by atoms with E-state index in [0.717, 1.165) is 44.0 Å². The highest BCUT2D eigenvalue weighted by molar-refractivity contribution is 6.32. The molecule has 2 aromatic carbocycles. The Morgan fingerprint density at radius 2 is 1.87 bits per heavy atom. The maximum atomic E-state index is 12.7. The number of nitrogens with one attached hydrogen (secondary N) is 1. The Labute approximate surface area is 181 Å². The van der Waals surface area contributed by atoms with E-state index in [0.29, 0.717) is 29.7 Å². The summed E-state index contributed by atoms with van der Waals surface area (Å²) in [6, 6.07) is 13.5. The molecule has 2 aromatic rings. The average molecular weight is 429 g/mol. The number of fused-ring (bicyclic) bond motifs is 1. The van der Waals surface area contributed by atoms with Crippen molar-refractivity contribution in [3.05, 3.63) is 64.7 Å². The van der Waals surface area contributed by atoms with Gasteiger partial charge >= 0.3 is 0 Å². The van der Waals surface area contributed by atoms with Crippen LogP contribution in [0.25, 0.3) is 6.08 Å². The van der Waals surface area contributed by atoms with Crippen molar-refractivity contribution < 1.29 is 19.0 Å². The predicted molar refractivity (Wildman–Crippen MR) is 116 cm³/mol. The summed E-state index contributed by atoms with van der Waals surface area (Å²) in [5.74, 6) is 0.991. The first-order valence-corrected chi connectivity index (χ1v) is 10.5. The summed E-state index contributed by atoms with van der Waals surface area (Å²) in [5.41, 5.74) is 1.86. The number of amides is 1. The Hall–Kier alpha value is -2.54. The van der Waals surface area contributed by atoms with Crippen molar-refractivity contribution in [3.8, 4) is 11.5 Å². The second-order valence-corrected chi connectivity index (χ2v) is 7.65. The van der Waals surface area contributed by atoms with Crippen LogP contribution in [-0.2, 0) is 9.53 Å². The van der Waals surface area contributed by atoms with Crippen molar-refractivity contribution >= 4 is 23.6 Å². The number of ether oxygens (including phenoxy) is 3. The summed E-state index contributed by atoms with van der Waals surface area (Å²) in [4.78, 5) is 15.0. The van der Waals surface area contributed by atoms with Gasteiger partial charge in [-0.2, -0.15) is 0 Å². The molecule has 0 spiro atoms. The van der Waals surface area contributed by atoms with Crippen LogP contribution >= 0.6 is 11.6 Å². The van der Waals surface area contributed by atoms with Crippen LogP contribution in [0.3, 0.4) is 0 Å². The molecule has 0 bridgehead atoms. The Morgan fingerprint density at radius 3 is 2.67 bits per heavy atom. The van der Waals surface area contributed by atoms with E-state index in [1.54, 1.807) is 12.1 Å². The number of benzene rings is 2. The molecule has 0 aliphatic carbocycles. The molecule has 0 aromatic heterocycles. The Balaban J connectivity index is 1.45. The van der Waals surface area contributed by atoms with Crippen molar-refractivity contribution in [3.63, 3.8) is 0 Å². The fraction of sp³-hybridized carbons (Fsp3) is 0.348. The van der Waals surface area contributed by atoms with Crippen molar-refractivity contribution in [2.75, 3.05) is 46.1 Å². The van der Waals surface area contributed by atoms with E-state index < -0.39 is 0 Å². The highest BCUT2D eigenvalue weighted by atomic mass is 35.5. The maximum absolute atomic E-state index is 12.7. The van der Waals surface area contributed by atoms with Gasteiger partial charge in [0, 0.05) is 25.7 Å². The molecule has 1 fully saturated rings. The van der Waals surface area contributed by atoms with Crippen molar-refractivity contribution in [2.24, 2.45) is 0 Å². The minimum absolute atomic E-state index is 0.106. The van der Waals surface area contributed by atoms with E-state index in [-0.39, 0.29) is 11.9 Å². The van der Waals surface area contributed by atoms with Gasteiger partial charge in [0.05, 0.1) is 24.3 Å². The van der Waals surface area contributed by atoms with Crippen LogP contribution in [0.15, 0.2) is 48.5 Å². The van der Waals surface area contributed by atoms with Gasteiger partial charge in [-0.15, -0.1) is 0 Å². The summed E-state index contributed by atoms with van der Waals surface area (Å²) in [7, 11) is 0. The number of hydrogen-bond donors (Lipinski definition) is 1. The third-order valence-corrected chi connectivity index (χ3v) is 5.39. The molecule has 2 heterocycles. The molecule has 30 heavy (non-hydrogen) atoms. The minimum Gasteiger partial charge on any atom is -0.486 e. The molecule has 0 radical (unpaired) electrons. The molecule has 6 nitrogen and oxygen atoms in total. The van der Waals surface area contributed by atoms with E-state index in [2.05, 4.69) is 10.2 Å². The standard InChI is InChI=1S/C23H25ClN2O4/c24-19-14-17(15-21-23(19)30-13-12-29-21)6-7-22(27)25-20(18-4-2-1-3-5-18)16-26-8-10-28-11-9-26/h1-7,14-15,20H,8-13,16H2,(H,25,27)/b7-6+/t20-/m1/s1. The van der Waals surface area contributed by atoms with Gasteiger partial charge in [0.25, 0.3) is 0 Å². The molecule has 7 heteroatoms. The highest BCUT2D eigenvalue weighted by Crippen LogP contribution is 2.38. The van der Waals surface area contributed by atoms with Crippen LogP contribution < -0.4 is 14.8 Å². The first kappa shape index (κ1) is 20.7. The molecule has 0 saturated carbocycles. The lowest BCUT2D eigenvalue weighted by atomic mass is 10.1. The molecule has 1 saturated heterocycles. The van der Waals surface area contributed by atoms with E-state index in [1.807, 2.05) is 36.4 Å². The summed E-state index contributed by atoms with van der Waals surface area (Å²) < 4.78 is 16.6. The lowest BCUT2D eigenvalue weighted by Gasteiger charge is -2.31. The smallest absolute Gasteiger partial charge is 0.244 e. The van der Waals surface area contributed by atoms with Gasteiger partial charge < -0.3 is 19.5 Å². The molecule has 1 amide bonds. The fourth-order valence-electron chi connectivity index (χ4n) is 3.58. The van der Waals surface area contributed by atoms with E-state index in [9.17, 15) is 4.79 Å². The highest BCUT2D eigenvalue weighted by Gasteiger charge is 2.20. The molecule has 2 aliphatic rings. The topological polar surface area (TPSA) is 60.0 Å². The zero-order chi connectivity index (χ0) is 20.8. The number of hydrogen-bond acceptors (Lipinski definition) is 5. The first-order valence-electron chi connectivity index (χ1n) is 10.1. The Kier molecular flexibility index (Phi) is 6.89. The zero-order valence-corrected chi connectivity index (χ0v) is 17.4. The van der Waals surface area contributed by atoms with Crippen molar-refractivity contribution in [2.45, 2.75) is 6.04 Å². The van der Waals surface area contributed by atoms with E-state index in [1.165, 1.54) is 6.08 Å². The minimum atomic E-state index is -0.164. The van der Waals surface area contributed by atoms with Gasteiger partial charge in [0.1, 0.15) is 13.2 Å². The van der Waals surface area contributed by atoms with Crippen LogP contribution in [0, 0.1) is 0 Å². The van der Waals surface area contributed by atoms with Gasteiger partial charge in [-0.1, -0.05) is 41.9 Å². The normalized spacial score (nSPS) is 17.6. The third-order valence-electron chi connectivity index (χ3n) is 5.11. The lowest BCUT2D eigenvalue weighted by Crippen LogP contribution is -2.42. The van der Waals surface area contributed by atoms with E-state index in [4.69, 9.17) is 25.8 Å². The Morgan fingerprint density at radius 1 is 1.10 bits per heavy atom. The molecular weight excluding hydrogens is 404 g/mol. The third kappa shape index (κ3) is 5.33. The zero-order valence-electron chi connectivity index (χ0n) is 16.7. The molecular formula is C23H25ClN2O4. The van der Waals surface area contributed by atoms with Gasteiger partial charge in [-0.25, -0.2) is 0 Å². The largest absolute Gasteiger partial charge is 0.486 e. The number of nitrogens with zero attached hydrogens (tertiary/aromatic N) is 1. The molecule has 4 rings (SSSR count). The average Bonchev–Trinajstić information content (AvgIpc) is 2.79.